The Kier molecular flexibility index (Phi) is 4.09. The molecule has 0 aromatic heterocycles. The summed E-state index contributed by atoms with van der Waals surface area (Å²) < 4.78 is 18.5. The molecule has 72 valence electrons. The number of carbonyl (C=O) groups excluding carboxylic acids is 1. The Labute approximate surface area is 69.5 Å². The van der Waals surface area contributed by atoms with Crippen LogP contribution in [-0.2, 0) is 4.79 Å². The van der Waals surface area contributed by atoms with Crippen LogP contribution in [0.2, 0.25) is 0 Å². The van der Waals surface area contributed by atoms with Crippen molar-refractivity contribution in [1.29, 1.82) is 0 Å². The highest BCUT2D eigenvalue weighted by Gasteiger charge is 2.25. The molecule has 0 bridgehead atoms. The van der Waals surface area contributed by atoms with E-state index in [0.717, 1.165) is 0 Å². The van der Waals surface area contributed by atoms with Crippen LogP contribution in [0.25, 0.3) is 0 Å². The van der Waals surface area contributed by atoms with E-state index in [9.17, 15) is 9.18 Å². The van der Waals surface area contributed by atoms with Crippen LogP contribution < -0.4 is 0 Å². The van der Waals surface area contributed by atoms with E-state index in [1.54, 1.807) is 0 Å². The van der Waals surface area contributed by atoms with Crippen molar-refractivity contribution in [3.63, 3.8) is 0 Å². The van der Waals surface area contributed by atoms with Gasteiger partial charge in [-0.3, -0.25) is 4.79 Å². The molecule has 0 heterocycles. The Balaban J connectivity index is 4.24. The fourth-order valence-electron chi connectivity index (χ4n) is 0.568. The maximum atomic E-state index is 11.8. The predicted octanol–water partition coefficient (Wildman–Crippen LogP) is -2.05. The van der Waals surface area contributed by atoms with E-state index in [4.69, 9.17) is 21.8 Å². The third-order valence-electron chi connectivity index (χ3n) is 1.23. The number of halogens is 1. The van der Waals surface area contributed by atoms with Crippen LogP contribution in [0, 0.1) is 0 Å². The van der Waals surface area contributed by atoms with Crippen molar-refractivity contribution < 1.29 is 31.0 Å². The first-order valence-corrected chi connectivity index (χ1v) is 3.18. The Morgan fingerprint density at radius 3 is 2.25 bits per heavy atom. The lowest BCUT2D eigenvalue weighted by Gasteiger charge is -2.19. The first-order valence-electron chi connectivity index (χ1n) is 3.76. The molecule has 0 aromatic carbocycles. The van der Waals surface area contributed by atoms with Crippen LogP contribution in [0.15, 0.2) is 0 Å². The van der Waals surface area contributed by atoms with Gasteiger partial charge in [-0.25, -0.2) is 0 Å². The maximum Gasteiger partial charge on any atom is 0.304 e. The molecule has 0 amide bonds. The average molecular weight is 183 g/mol. The van der Waals surface area contributed by atoms with Gasteiger partial charge >= 0.3 is 6.04 Å². The molecule has 0 saturated carbocycles. The summed E-state index contributed by atoms with van der Waals surface area (Å²) in [6.45, 7) is -0.856. The van der Waals surface area contributed by atoms with Crippen LogP contribution in [0.3, 0.4) is 0 Å². The van der Waals surface area contributed by atoms with Gasteiger partial charge in [0.2, 0.25) is 0 Å². The fraction of sp³-hybridized carbons (Fsp3) is 0.833. The summed E-state index contributed by atoms with van der Waals surface area (Å²) in [5.74, 6) is 0. The average Bonchev–Trinajstić information content (AvgIpc) is 2.12. The zero-order chi connectivity index (χ0) is 10.6. The Bertz CT molecular complexity index is 178. The van der Waals surface area contributed by atoms with E-state index in [0.29, 0.717) is 0 Å². The van der Waals surface area contributed by atoms with E-state index >= 15 is 0 Å². The largest absolute Gasteiger partial charge is 0.394 e. The molecule has 4 atom stereocenters. The molecule has 12 heavy (non-hydrogen) atoms. The summed E-state index contributed by atoms with van der Waals surface area (Å²) in [6, 6.07) is -2.11. The monoisotopic (exact) mass is 183 g/mol. The van der Waals surface area contributed by atoms with E-state index in [-0.39, 0.29) is 0 Å². The molecule has 0 saturated heterocycles. The first kappa shape index (κ1) is 9.53. The first-order chi connectivity index (χ1) is 5.91. The molecule has 0 fully saturated rings. The lowest BCUT2D eigenvalue weighted by molar-refractivity contribution is -0.136. The molecule has 0 unspecified atom stereocenters. The van der Waals surface area contributed by atoms with Crippen molar-refractivity contribution in [1.82, 2.24) is 0 Å². The smallest absolute Gasteiger partial charge is 0.304 e. The van der Waals surface area contributed by atoms with Crippen molar-refractivity contribution in [2.45, 2.75) is 24.7 Å². The van der Waals surface area contributed by atoms with Crippen molar-refractivity contribution >= 4 is 6.04 Å². The number of aliphatic hydroxyl groups excluding tert-OH is 4. The molecular weight excluding hydrogens is 171 g/mol. The second kappa shape index (κ2) is 5.15. The summed E-state index contributed by atoms with van der Waals surface area (Å²) in [6.07, 6.45) is -7.86. The van der Waals surface area contributed by atoms with Gasteiger partial charge in [-0.15, -0.1) is 0 Å². The minimum absolute atomic E-state index is 0.856. The van der Waals surface area contributed by atoms with Gasteiger partial charge in [0.15, 0.2) is 0 Å². The minimum Gasteiger partial charge on any atom is -0.394 e. The highest BCUT2D eigenvalue weighted by Crippen LogP contribution is 2.04. The van der Waals surface area contributed by atoms with Gasteiger partial charge in [0.05, 0.1) is 19.1 Å². The second-order valence-electron chi connectivity index (χ2n) is 2.20. The summed E-state index contributed by atoms with van der Waals surface area (Å²) in [5.41, 5.74) is 0. The quantitative estimate of drug-likeness (QED) is 0.368. The van der Waals surface area contributed by atoms with Crippen molar-refractivity contribution in [3.05, 3.63) is 0 Å². The number of aliphatic hydroxyl groups is 4. The van der Waals surface area contributed by atoms with Crippen molar-refractivity contribution in [2.24, 2.45) is 0 Å². The Morgan fingerprint density at radius 1 is 1.42 bits per heavy atom. The summed E-state index contributed by atoms with van der Waals surface area (Å²) in [7, 11) is 0. The molecule has 0 rings (SSSR count). The molecular formula is C6H11FO5. The third-order valence-corrected chi connectivity index (χ3v) is 1.23. The van der Waals surface area contributed by atoms with Crippen LogP contribution in [-0.4, -0.2) is 51.4 Å². The number of rotatable bonds is 5. The van der Waals surface area contributed by atoms with Gasteiger partial charge in [0, 0.05) is 1.37 Å². The summed E-state index contributed by atoms with van der Waals surface area (Å²) in [5, 5.41) is 34.9. The fourth-order valence-corrected chi connectivity index (χ4v) is 0.568. The zero-order valence-electron chi connectivity index (χ0n) is 7.09. The molecule has 0 radical (unpaired) electrons. The highest BCUT2D eigenvalue weighted by molar-refractivity contribution is 5.68. The van der Waals surface area contributed by atoms with Crippen molar-refractivity contribution in [2.75, 3.05) is 6.61 Å². The van der Waals surface area contributed by atoms with E-state index in [1.165, 1.54) is 0 Å². The molecule has 0 aromatic rings. The second-order valence-corrected chi connectivity index (χ2v) is 2.20. The summed E-state index contributed by atoms with van der Waals surface area (Å²) >= 11 is 0. The van der Waals surface area contributed by atoms with Gasteiger partial charge in [-0.1, -0.05) is 0 Å². The minimum atomic E-state index is -2.17. The molecule has 0 aliphatic rings. The zero-order valence-corrected chi connectivity index (χ0v) is 6.09. The number of hydrogen-bond donors (Lipinski definition) is 4. The third kappa shape index (κ3) is 3.72. The van der Waals surface area contributed by atoms with Crippen LogP contribution in [0.5, 0.6) is 0 Å². The molecule has 0 spiro atoms. The van der Waals surface area contributed by atoms with Gasteiger partial charge in [-0.2, -0.15) is 4.39 Å². The van der Waals surface area contributed by atoms with E-state index in [1.807, 2.05) is 0 Å². The molecule has 5 nitrogen and oxygen atoms in total. The molecule has 0 aliphatic carbocycles. The summed E-state index contributed by atoms with van der Waals surface area (Å²) in [4.78, 5) is 9.93. The van der Waals surface area contributed by atoms with Crippen LogP contribution in [0.1, 0.15) is 7.77 Å². The van der Waals surface area contributed by atoms with Crippen LogP contribution >= 0.6 is 0 Å². The lowest BCUT2D eigenvalue weighted by Crippen LogP contribution is -2.40. The normalized spacial score (nSPS) is 22.2. The lowest BCUT2D eigenvalue weighted by atomic mass is 10.1. The maximum absolute atomic E-state index is 11.8. The standard InChI is InChI=1S/C6H11FO5/c7-5(11)1-3(9)6(12)4(10)2-8/h3-4,6,8-10,12H,1-2H2/t3-,4-,6+/m1/s1/i1D/t1-,3+,4+,6-/m0. The van der Waals surface area contributed by atoms with E-state index in [2.05, 4.69) is 0 Å². The van der Waals surface area contributed by atoms with Gasteiger partial charge in [0.1, 0.15) is 12.2 Å². The predicted molar refractivity (Wildman–Crippen MR) is 35.8 cm³/mol. The SMILES string of the molecule is [2H][C@H](C(=O)F)[C@@H](O)[C@H](O)[C@H](O)CO. The molecule has 6 heteroatoms. The highest BCUT2D eigenvalue weighted by atomic mass is 19.1. The Morgan fingerprint density at radius 2 is 1.92 bits per heavy atom. The Hall–Kier alpha value is -0.560. The van der Waals surface area contributed by atoms with E-state index < -0.39 is 37.4 Å². The molecule has 0 aliphatic heterocycles. The van der Waals surface area contributed by atoms with Crippen LogP contribution in [0.4, 0.5) is 4.39 Å². The van der Waals surface area contributed by atoms with Crippen molar-refractivity contribution in [3.8, 4) is 0 Å². The topological polar surface area (TPSA) is 98.0 Å². The number of carbonyl (C=O) groups is 1. The van der Waals surface area contributed by atoms with Gasteiger partial charge < -0.3 is 20.4 Å². The number of hydrogen-bond acceptors (Lipinski definition) is 5. The molecule has 4 N–H and O–H groups in total. The van der Waals surface area contributed by atoms with Gasteiger partial charge in [-0.05, 0) is 0 Å². The van der Waals surface area contributed by atoms with Gasteiger partial charge in [0.25, 0.3) is 0 Å².